The molecule has 0 heterocycles. The molecule has 0 unspecified atom stereocenters. The van der Waals surface area contributed by atoms with Crippen LogP contribution in [0.3, 0.4) is 0 Å². The molecule has 0 aliphatic rings. The van der Waals surface area contributed by atoms with Crippen molar-refractivity contribution in [3.8, 4) is 0 Å². The van der Waals surface area contributed by atoms with E-state index in [4.69, 9.17) is 0 Å². The van der Waals surface area contributed by atoms with Gasteiger partial charge in [-0.15, -0.1) is 0 Å². The summed E-state index contributed by atoms with van der Waals surface area (Å²) in [6.07, 6.45) is 0. The van der Waals surface area contributed by atoms with Crippen LogP contribution in [-0.2, 0) is 9.59 Å². The third-order valence-electron chi connectivity index (χ3n) is 2.25. The van der Waals surface area contributed by atoms with Gasteiger partial charge in [0.25, 0.3) is 0 Å². The number of rotatable bonds is 2. The number of carbonyl (C=O) groups is 6. The molecule has 0 aliphatic carbocycles. The second-order valence-corrected chi connectivity index (χ2v) is 5.42. The van der Waals surface area contributed by atoms with E-state index in [9.17, 15) is 28.8 Å². The maximum Gasteiger partial charge on any atom is 0.330 e. The topological polar surface area (TPSA) is 175 Å². The summed E-state index contributed by atoms with van der Waals surface area (Å²) in [7, 11) is 1.27. The van der Waals surface area contributed by atoms with Gasteiger partial charge in [-0.05, 0) is 0 Å². The molecule has 0 saturated heterocycles. The highest BCUT2D eigenvalue weighted by molar-refractivity contribution is 6.05. The lowest BCUT2D eigenvalue weighted by molar-refractivity contribution is -0.127. The van der Waals surface area contributed by atoms with Crippen LogP contribution in [0.1, 0.15) is 20.8 Å². The normalized spacial score (nSPS) is 10.0. The van der Waals surface area contributed by atoms with Gasteiger partial charge in [0.05, 0.1) is 6.54 Å². The molecule has 10 amide bonds. The van der Waals surface area contributed by atoms with Crippen molar-refractivity contribution in [1.82, 2.24) is 31.9 Å². The van der Waals surface area contributed by atoms with Gasteiger partial charge in [0.1, 0.15) is 0 Å². The first kappa shape index (κ1) is 20.8. The van der Waals surface area contributed by atoms with Gasteiger partial charge in [-0.3, -0.25) is 30.9 Å². The van der Waals surface area contributed by atoms with Crippen molar-refractivity contribution in [2.45, 2.75) is 20.8 Å². The van der Waals surface area contributed by atoms with Gasteiger partial charge >= 0.3 is 24.1 Å². The molecule has 12 heteroatoms. The van der Waals surface area contributed by atoms with Crippen molar-refractivity contribution in [3.63, 3.8) is 0 Å². The maximum atomic E-state index is 11.5. The quantitative estimate of drug-likeness (QED) is 0.364. The summed E-state index contributed by atoms with van der Waals surface area (Å²) in [6, 6.07) is -4.06. The zero-order chi connectivity index (χ0) is 18.9. The van der Waals surface area contributed by atoms with E-state index in [0.29, 0.717) is 0 Å². The second-order valence-electron chi connectivity index (χ2n) is 5.42. The predicted octanol–water partition coefficient (Wildman–Crippen LogP) is -1.27. The van der Waals surface area contributed by atoms with Crippen molar-refractivity contribution >= 4 is 35.9 Å². The van der Waals surface area contributed by atoms with Crippen LogP contribution in [0.4, 0.5) is 19.2 Å². The first-order chi connectivity index (χ1) is 11.0. The molecule has 24 heavy (non-hydrogen) atoms. The molecule has 0 spiro atoms. The Morgan fingerprint density at radius 3 is 1.71 bits per heavy atom. The average molecular weight is 344 g/mol. The maximum absolute atomic E-state index is 11.5. The van der Waals surface area contributed by atoms with Gasteiger partial charge in [-0.25, -0.2) is 19.2 Å². The van der Waals surface area contributed by atoms with Crippen LogP contribution in [0, 0.1) is 5.41 Å². The van der Waals surface area contributed by atoms with Crippen LogP contribution in [0.2, 0.25) is 0 Å². The van der Waals surface area contributed by atoms with Gasteiger partial charge in [0.2, 0.25) is 11.8 Å². The molecular formula is C12H20N6O6. The molecule has 0 aromatic rings. The Balaban J connectivity index is 4.15. The Morgan fingerprint density at radius 1 is 0.708 bits per heavy atom. The molecule has 0 aromatic carbocycles. The first-order valence-electron chi connectivity index (χ1n) is 6.68. The molecule has 6 N–H and O–H groups in total. The van der Waals surface area contributed by atoms with Crippen LogP contribution >= 0.6 is 0 Å². The van der Waals surface area contributed by atoms with Gasteiger partial charge < -0.3 is 10.6 Å². The number of carbonyl (C=O) groups excluding carboxylic acids is 6. The molecule has 12 nitrogen and oxygen atoms in total. The molecule has 0 radical (unpaired) electrons. The van der Waals surface area contributed by atoms with Crippen molar-refractivity contribution in [2.75, 3.05) is 13.6 Å². The molecular weight excluding hydrogens is 324 g/mol. The Bertz CT molecular complexity index is 553. The van der Waals surface area contributed by atoms with Gasteiger partial charge in [-0.2, -0.15) is 0 Å². The minimum Gasteiger partial charge on any atom is -0.341 e. The number of urea groups is 4. The SMILES string of the molecule is CNC(=O)NC(=O)NC(=O)NCC(=O)NC(=O)NC(=O)C(C)(C)C. The van der Waals surface area contributed by atoms with Crippen molar-refractivity contribution in [2.24, 2.45) is 5.41 Å². The summed E-state index contributed by atoms with van der Waals surface area (Å²) in [5, 5.41) is 11.3. The van der Waals surface area contributed by atoms with E-state index in [0.717, 1.165) is 0 Å². The van der Waals surface area contributed by atoms with Crippen molar-refractivity contribution in [1.29, 1.82) is 0 Å². The lowest BCUT2D eigenvalue weighted by Crippen LogP contribution is -2.52. The minimum atomic E-state index is -1.11. The summed E-state index contributed by atoms with van der Waals surface area (Å²) in [5.74, 6) is -1.51. The Morgan fingerprint density at radius 2 is 1.21 bits per heavy atom. The van der Waals surface area contributed by atoms with Gasteiger partial charge in [-0.1, -0.05) is 20.8 Å². The van der Waals surface area contributed by atoms with E-state index < -0.39 is 47.9 Å². The lowest BCUT2D eigenvalue weighted by Gasteiger charge is -2.16. The highest BCUT2D eigenvalue weighted by atomic mass is 16.2. The molecule has 0 atom stereocenters. The fourth-order valence-electron chi connectivity index (χ4n) is 0.997. The summed E-state index contributed by atoms with van der Waals surface area (Å²) >= 11 is 0. The predicted molar refractivity (Wildman–Crippen MR) is 80.7 cm³/mol. The van der Waals surface area contributed by atoms with Gasteiger partial charge in [0.15, 0.2) is 0 Å². The molecule has 0 bridgehead atoms. The smallest absolute Gasteiger partial charge is 0.330 e. The molecule has 0 rings (SSSR count). The number of hydrogen-bond donors (Lipinski definition) is 6. The third-order valence-corrected chi connectivity index (χ3v) is 2.25. The molecule has 0 saturated carbocycles. The average Bonchev–Trinajstić information content (AvgIpc) is 2.43. The van der Waals surface area contributed by atoms with Crippen LogP contribution in [-0.4, -0.2) is 49.5 Å². The highest BCUT2D eigenvalue weighted by Gasteiger charge is 2.23. The number of hydrogen-bond acceptors (Lipinski definition) is 6. The zero-order valence-corrected chi connectivity index (χ0v) is 13.7. The molecule has 0 aromatic heterocycles. The van der Waals surface area contributed by atoms with Crippen molar-refractivity contribution in [3.05, 3.63) is 0 Å². The van der Waals surface area contributed by atoms with Crippen LogP contribution in [0.5, 0.6) is 0 Å². The Kier molecular flexibility index (Phi) is 7.87. The summed E-state index contributed by atoms with van der Waals surface area (Å²) < 4.78 is 0. The third kappa shape index (κ3) is 8.96. The lowest BCUT2D eigenvalue weighted by atomic mass is 9.96. The second kappa shape index (κ2) is 9.07. The molecule has 134 valence electrons. The largest absolute Gasteiger partial charge is 0.341 e. The minimum absolute atomic E-state index is 0.593. The number of nitrogens with one attached hydrogen (secondary N) is 6. The fourth-order valence-corrected chi connectivity index (χ4v) is 0.997. The Labute approximate surface area is 137 Å². The van der Waals surface area contributed by atoms with E-state index in [1.54, 1.807) is 31.4 Å². The summed E-state index contributed by atoms with van der Waals surface area (Å²) in [4.78, 5) is 67.5. The zero-order valence-electron chi connectivity index (χ0n) is 13.7. The molecule has 0 aliphatic heterocycles. The summed E-state index contributed by atoms with van der Waals surface area (Å²) in [5.41, 5.74) is -0.823. The Hall–Kier alpha value is -3.18. The fraction of sp³-hybridized carbons (Fsp3) is 0.500. The van der Waals surface area contributed by atoms with E-state index in [1.165, 1.54) is 7.05 Å². The standard InChI is InChI=1S/C12H20N6O6/c1-12(2,3)7(20)16-10(23)15-6(19)5-14-9(22)18-11(24)17-8(21)13-4/h5H2,1-4H3,(H2,15,16,19,20,23)(H4,13,14,17,18,21,22,24). The van der Waals surface area contributed by atoms with Crippen LogP contribution < -0.4 is 31.9 Å². The van der Waals surface area contributed by atoms with Crippen molar-refractivity contribution < 1.29 is 28.8 Å². The highest BCUT2D eigenvalue weighted by Crippen LogP contribution is 2.11. The van der Waals surface area contributed by atoms with E-state index >= 15 is 0 Å². The van der Waals surface area contributed by atoms with Gasteiger partial charge in [0, 0.05) is 12.5 Å². The number of amides is 10. The van der Waals surface area contributed by atoms with E-state index in [1.807, 2.05) is 16.0 Å². The van der Waals surface area contributed by atoms with Crippen LogP contribution in [0.15, 0.2) is 0 Å². The first-order valence-corrected chi connectivity index (χ1v) is 6.68. The number of imide groups is 4. The van der Waals surface area contributed by atoms with E-state index in [-0.39, 0.29) is 0 Å². The summed E-state index contributed by atoms with van der Waals surface area (Å²) in [6.45, 7) is 4.09. The molecule has 0 fully saturated rings. The monoisotopic (exact) mass is 344 g/mol. The van der Waals surface area contributed by atoms with E-state index in [2.05, 4.69) is 5.32 Å². The van der Waals surface area contributed by atoms with Crippen LogP contribution in [0.25, 0.3) is 0 Å².